The van der Waals surface area contributed by atoms with Gasteiger partial charge in [-0.2, -0.15) is 0 Å². The van der Waals surface area contributed by atoms with Gasteiger partial charge in [0.05, 0.1) is 9.39 Å². The predicted molar refractivity (Wildman–Crippen MR) is 72.7 cm³/mol. The fourth-order valence-corrected chi connectivity index (χ4v) is 4.42. The number of halogens is 1. The van der Waals surface area contributed by atoms with Crippen LogP contribution >= 0.6 is 27.3 Å². The summed E-state index contributed by atoms with van der Waals surface area (Å²) < 4.78 is 27.2. The molecule has 0 saturated carbocycles. The van der Waals surface area contributed by atoms with Gasteiger partial charge in [-0.05, 0) is 40.9 Å². The third-order valence-electron chi connectivity index (χ3n) is 2.72. The highest BCUT2D eigenvalue weighted by Gasteiger charge is 2.26. The number of rotatable bonds is 6. The van der Waals surface area contributed by atoms with Crippen LogP contribution in [0.2, 0.25) is 0 Å². The zero-order valence-corrected chi connectivity index (χ0v) is 13.0. The van der Waals surface area contributed by atoms with Gasteiger partial charge in [0.15, 0.2) is 0 Å². The number of hydrogen-bond acceptors (Lipinski definition) is 4. The van der Waals surface area contributed by atoms with Crippen molar-refractivity contribution in [2.24, 2.45) is 0 Å². The lowest BCUT2D eigenvalue weighted by atomic mass is 9.98. The molecule has 1 heterocycles. The molecule has 2 N–H and O–H groups in total. The van der Waals surface area contributed by atoms with Crippen LogP contribution in [-0.2, 0) is 10.0 Å². The van der Waals surface area contributed by atoms with Crippen molar-refractivity contribution in [3.05, 3.63) is 15.9 Å². The standard InChI is InChI=1S/C10H16BrNO3S2/c1-3-10(13,4-2)7-12-17(14,15)9-6-5-8(11)16-9/h5-6,12-13H,3-4,7H2,1-2H3. The van der Waals surface area contributed by atoms with E-state index in [4.69, 9.17) is 0 Å². The Labute approximate surface area is 114 Å². The molecule has 1 aromatic rings. The van der Waals surface area contributed by atoms with E-state index in [-0.39, 0.29) is 10.8 Å². The molecule has 4 nitrogen and oxygen atoms in total. The minimum Gasteiger partial charge on any atom is -0.389 e. The largest absolute Gasteiger partial charge is 0.389 e. The third kappa shape index (κ3) is 4.03. The molecule has 7 heteroatoms. The zero-order valence-electron chi connectivity index (χ0n) is 9.73. The van der Waals surface area contributed by atoms with Gasteiger partial charge < -0.3 is 5.11 Å². The topological polar surface area (TPSA) is 66.4 Å². The molecule has 0 aliphatic carbocycles. The zero-order chi connectivity index (χ0) is 13.1. The van der Waals surface area contributed by atoms with Crippen LogP contribution in [0.1, 0.15) is 26.7 Å². The van der Waals surface area contributed by atoms with Crippen molar-refractivity contribution in [2.45, 2.75) is 36.5 Å². The Kier molecular flexibility index (Phi) is 5.15. The molecule has 0 fully saturated rings. The molecule has 0 aliphatic heterocycles. The predicted octanol–water partition coefficient (Wildman–Crippen LogP) is 2.34. The lowest BCUT2D eigenvalue weighted by molar-refractivity contribution is 0.0377. The molecular weight excluding hydrogens is 326 g/mol. The van der Waals surface area contributed by atoms with E-state index >= 15 is 0 Å². The highest BCUT2D eigenvalue weighted by molar-refractivity contribution is 9.11. The van der Waals surface area contributed by atoms with Gasteiger partial charge in [-0.25, -0.2) is 13.1 Å². The first kappa shape index (κ1) is 15.1. The summed E-state index contributed by atoms with van der Waals surface area (Å²) in [5.41, 5.74) is -0.971. The molecule has 0 unspecified atom stereocenters. The molecule has 0 bridgehead atoms. The first-order chi connectivity index (χ1) is 7.83. The summed E-state index contributed by atoms with van der Waals surface area (Å²) in [6.45, 7) is 3.71. The molecule has 0 saturated heterocycles. The summed E-state index contributed by atoms with van der Waals surface area (Å²) in [4.78, 5) is 0. The second-order valence-corrected chi connectivity index (χ2v) is 8.27. The number of nitrogens with one attached hydrogen (secondary N) is 1. The Balaban J connectivity index is 2.75. The first-order valence-electron chi connectivity index (χ1n) is 5.30. The van der Waals surface area contributed by atoms with Crippen molar-refractivity contribution in [3.63, 3.8) is 0 Å². The highest BCUT2D eigenvalue weighted by Crippen LogP contribution is 2.26. The van der Waals surface area contributed by atoms with Crippen LogP contribution in [-0.4, -0.2) is 25.7 Å². The molecular formula is C10H16BrNO3S2. The van der Waals surface area contributed by atoms with Gasteiger partial charge in [0, 0.05) is 6.54 Å². The average Bonchev–Trinajstić information content (AvgIpc) is 2.74. The fraction of sp³-hybridized carbons (Fsp3) is 0.600. The van der Waals surface area contributed by atoms with Gasteiger partial charge in [0.1, 0.15) is 4.21 Å². The van der Waals surface area contributed by atoms with Gasteiger partial charge in [-0.1, -0.05) is 13.8 Å². The van der Waals surface area contributed by atoms with Crippen molar-refractivity contribution in [1.82, 2.24) is 4.72 Å². The van der Waals surface area contributed by atoms with E-state index in [0.717, 1.165) is 15.1 Å². The van der Waals surface area contributed by atoms with Gasteiger partial charge in [-0.15, -0.1) is 11.3 Å². The molecule has 1 aromatic heterocycles. The Hall–Kier alpha value is 0.0500. The van der Waals surface area contributed by atoms with Crippen molar-refractivity contribution in [1.29, 1.82) is 0 Å². The summed E-state index contributed by atoms with van der Waals surface area (Å²) in [6.07, 6.45) is 1.03. The number of thiophene rings is 1. The van der Waals surface area contributed by atoms with Crippen LogP contribution in [0.15, 0.2) is 20.1 Å². The van der Waals surface area contributed by atoms with Crippen LogP contribution in [0.4, 0.5) is 0 Å². The van der Waals surface area contributed by atoms with Crippen LogP contribution in [0.3, 0.4) is 0 Å². The van der Waals surface area contributed by atoms with Crippen molar-refractivity contribution in [2.75, 3.05) is 6.54 Å². The van der Waals surface area contributed by atoms with E-state index in [0.29, 0.717) is 12.8 Å². The summed E-state index contributed by atoms with van der Waals surface area (Å²) in [6, 6.07) is 3.22. The molecule has 0 aliphatic rings. The molecule has 0 aromatic carbocycles. The van der Waals surface area contributed by atoms with E-state index in [1.54, 1.807) is 6.07 Å². The Morgan fingerprint density at radius 2 is 2.00 bits per heavy atom. The summed E-state index contributed by atoms with van der Waals surface area (Å²) in [5, 5.41) is 10.0. The number of sulfonamides is 1. The van der Waals surface area contributed by atoms with Crippen LogP contribution in [0.5, 0.6) is 0 Å². The molecule has 98 valence electrons. The fourth-order valence-electron chi connectivity index (χ4n) is 1.24. The Morgan fingerprint density at radius 1 is 1.41 bits per heavy atom. The van der Waals surface area contributed by atoms with E-state index in [9.17, 15) is 13.5 Å². The van der Waals surface area contributed by atoms with E-state index in [2.05, 4.69) is 20.7 Å². The molecule has 17 heavy (non-hydrogen) atoms. The Bertz CT molecular complexity index is 466. The first-order valence-corrected chi connectivity index (χ1v) is 8.39. The van der Waals surface area contributed by atoms with Crippen molar-refractivity contribution < 1.29 is 13.5 Å². The molecule has 0 radical (unpaired) electrons. The normalized spacial score (nSPS) is 12.9. The lowest BCUT2D eigenvalue weighted by Crippen LogP contribution is -2.41. The highest BCUT2D eigenvalue weighted by atomic mass is 79.9. The summed E-state index contributed by atoms with van der Waals surface area (Å²) in [7, 11) is -3.51. The van der Waals surface area contributed by atoms with E-state index < -0.39 is 15.6 Å². The Morgan fingerprint density at radius 3 is 2.41 bits per heavy atom. The van der Waals surface area contributed by atoms with Gasteiger partial charge >= 0.3 is 0 Å². The third-order valence-corrected chi connectivity index (χ3v) is 6.24. The molecule has 1 rings (SSSR count). The molecule has 0 atom stereocenters. The lowest BCUT2D eigenvalue weighted by Gasteiger charge is -2.25. The van der Waals surface area contributed by atoms with Crippen molar-refractivity contribution in [3.8, 4) is 0 Å². The van der Waals surface area contributed by atoms with E-state index in [1.807, 2.05) is 13.8 Å². The quantitative estimate of drug-likeness (QED) is 0.834. The minimum absolute atomic E-state index is 0.0395. The maximum atomic E-state index is 11.9. The monoisotopic (exact) mass is 341 g/mol. The van der Waals surface area contributed by atoms with E-state index in [1.165, 1.54) is 6.07 Å². The number of aliphatic hydroxyl groups is 1. The van der Waals surface area contributed by atoms with Gasteiger partial charge in [0.2, 0.25) is 10.0 Å². The smallest absolute Gasteiger partial charge is 0.250 e. The summed E-state index contributed by atoms with van der Waals surface area (Å²) in [5.74, 6) is 0. The number of hydrogen-bond donors (Lipinski definition) is 2. The summed E-state index contributed by atoms with van der Waals surface area (Å²) >= 11 is 4.36. The second kappa shape index (κ2) is 5.79. The van der Waals surface area contributed by atoms with Crippen LogP contribution < -0.4 is 4.72 Å². The molecule has 0 spiro atoms. The SMILES string of the molecule is CCC(O)(CC)CNS(=O)(=O)c1ccc(Br)s1. The second-order valence-electron chi connectivity index (χ2n) is 3.81. The van der Waals surface area contributed by atoms with Gasteiger partial charge in [-0.3, -0.25) is 0 Å². The molecule has 0 amide bonds. The average molecular weight is 342 g/mol. The van der Waals surface area contributed by atoms with Gasteiger partial charge in [0.25, 0.3) is 0 Å². The van der Waals surface area contributed by atoms with Crippen LogP contribution in [0, 0.1) is 0 Å². The maximum Gasteiger partial charge on any atom is 0.250 e. The maximum absolute atomic E-state index is 11.9. The van der Waals surface area contributed by atoms with Crippen LogP contribution in [0.25, 0.3) is 0 Å². The van der Waals surface area contributed by atoms with Crippen molar-refractivity contribution >= 4 is 37.3 Å². The minimum atomic E-state index is -3.51.